The number of amides is 2. The average Bonchev–Trinajstić information content (AvgIpc) is 2.88. The van der Waals surface area contributed by atoms with Crippen molar-refractivity contribution in [1.29, 1.82) is 0 Å². The Morgan fingerprint density at radius 2 is 2.17 bits per heavy atom. The SMILES string of the molecule is CCCCCNC(=O)[C@H](C)NC(=O)c1cccs1. The molecule has 0 radical (unpaired) electrons. The summed E-state index contributed by atoms with van der Waals surface area (Å²) in [5.41, 5.74) is 0. The molecule has 1 aromatic rings. The van der Waals surface area contributed by atoms with Crippen LogP contribution in [-0.4, -0.2) is 24.4 Å². The predicted octanol–water partition coefficient (Wildman–Crippen LogP) is 2.17. The molecular weight excluding hydrogens is 248 g/mol. The van der Waals surface area contributed by atoms with Gasteiger partial charge in [0.1, 0.15) is 6.04 Å². The lowest BCUT2D eigenvalue weighted by molar-refractivity contribution is -0.122. The summed E-state index contributed by atoms with van der Waals surface area (Å²) in [4.78, 5) is 24.0. The molecule has 0 aliphatic carbocycles. The molecule has 0 saturated heterocycles. The molecule has 2 amide bonds. The van der Waals surface area contributed by atoms with Gasteiger partial charge in [-0.1, -0.05) is 25.8 Å². The lowest BCUT2D eigenvalue weighted by atomic mass is 10.2. The molecule has 5 heteroatoms. The zero-order valence-corrected chi connectivity index (χ0v) is 11.7. The van der Waals surface area contributed by atoms with E-state index in [1.54, 1.807) is 13.0 Å². The summed E-state index contributed by atoms with van der Waals surface area (Å²) in [6.45, 7) is 4.48. The second-order valence-electron chi connectivity index (χ2n) is 4.17. The van der Waals surface area contributed by atoms with Crippen LogP contribution in [0.15, 0.2) is 17.5 Å². The fourth-order valence-corrected chi connectivity index (χ4v) is 2.11. The lowest BCUT2D eigenvalue weighted by Gasteiger charge is -2.13. The fraction of sp³-hybridized carbons (Fsp3) is 0.538. The molecule has 0 aliphatic heterocycles. The van der Waals surface area contributed by atoms with E-state index in [1.807, 2.05) is 11.4 Å². The molecule has 18 heavy (non-hydrogen) atoms. The third kappa shape index (κ3) is 4.87. The largest absolute Gasteiger partial charge is 0.354 e. The topological polar surface area (TPSA) is 58.2 Å². The summed E-state index contributed by atoms with van der Waals surface area (Å²) in [5.74, 6) is -0.322. The molecule has 1 heterocycles. The number of carbonyl (C=O) groups is 2. The molecule has 1 aromatic heterocycles. The van der Waals surface area contributed by atoms with E-state index < -0.39 is 6.04 Å². The van der Waals surface area contributed by atoms with Gasteiger partial charge in [-0.2, -0.15) is 0 Å². The van der Waals surface area contributed by atoms with E-state index >= 15 is 0 Å². The van der Waals surface area contributed by atoms with Gasteiger partial charge in [-0.05, 0) is 24.8 Å². The molecule has 0 spiro atoms. The zero-order valence-electron chi connectivity index (χ0n) is 10.9. The average molecular weight is 268 g/mol. The van der Waals surface area contributed by atoms with Crippen molar-refractivity contribution in [3.63, 3.8) is 0 Å². The Hall–Kier alpha value is -1.36. The first-order valence-corrected chi connectivity index (χ1v) is 7.15. The zero-order chi connectivity index (χ0) is 13.4. The van der Waals surface area contributed by atoms with Gasteiger partial charge in [0.25, 0.3) is 5.91 Å². The van der Waals surface area contributed by atoms with Crippen molar-refractivity contribution >= 4 is 23.2 Å². The third-order valence-corrected chi connectivity index (χ3v) is 3.43. The summed E-state index contributed by atoms with van der Waals surface area (Å²) in [7, 11) is 0. The quantitative estimate of drug-likeness (QED) is 0.745. The molecule has 1 rings (SSSR count). The molecule has 100 valence electrons. The van der Waals surface area contributed by atoms with Crippen LogP contribution in [0.4, 0.5) is 0 Å². The van der Waals surface area contributed by atoms with Gasteiger partial charge in [-0.3, -0.25) is 9.59 Å². The Balaban J connectivity index is 2.29. The number of rotatable bonds is 7. The van der Waals surface area contributed by atoms with E-state index in [9.17, 15) is 9.59 Å². The van der Waals surface area contributed by atoms with Crippen LogP contribution in [0.5, 0.6) is 0 Å². The van der Waals surface area contributed by atoms with Crippen molar-refractivity contribution < 1.29 is 9.59 Å². The summed E-state index contributed by atoms with van der Waals surface area (Å²) < 4.78 is 0. The number of thiophene rings is 1. The molecule has 0 aromatic carbocycles. The van der Waals surface area contributed by atoms with Gasteiger partial charge in [0.05, 0.1) is 4.88 Å². The van der Waals surface area contributed by atoms with Gasteiger partial charge >= 0.3 is 0 Å². The van der Waals surface area contributed by atoms with E-state index in [2.05, 4.69) is 17.6 Å². The van der Waals surface area contributed by atoms with Crippen LogP contribution in [0.2, 0.25) is 0 Å². The molecule has 0 unspecified atom stereocenters. The van der Waals surface area contributed by atoms with E-state index in [1.165, 1.54) is 11.3 Å². The molecule has 0 aliphatic rings. The summed E-state index contributed by atoms with van der Waals surface area (Å²) in [6.07, 6.45) is 3.21. The standard InChI is InChI=1S/C13H20N2O2S/c1-3-4-5-8-14-12(16)10(2)15-13(17)11-7-6-9-18-11/h6-7,9-10H,3-5,8H2,1-2H3,(H,14,16)(H,15,17)/t10-/m0/s1. The van der Waals surface area contributed by atoms with Gasteiger partial charge in [0.15, 0.2) is 0 Å². The van der Waals surface area contributed by atoms with E-state index in [0.717, 1.165) is 19.3 Å². The highest BCUT2D eigenvalue weighted by molar-refractivity contribution is 7.12. The molecule has 0 fully saturated rings. The Bertz CT molecular complexity index is 376. The minimum atomic E-state index is -0.499. The number of carbonyl (C=O) groups excluding carboxylic acids is 2. The Morgan fingerprint density at radius 1 is 1.39 bits per heavy atom. The van der Waals surface area contributed by atoms with Gasteiger partial charge in [0.2, 0.25) is 5.91 Å². The Kier molecular flexibility index (Phi) is 6.43. The van der Waals surface area contributed by atoms with Crippen LogP contribution in [0.25, 0.3) is 0 Å². The van der Waals surface area contributed by atoms with Gasteiger partial charge in [-0.25, -0.2) is 0 Å². The molecule has 0 saturated carbocycles. The maximum absolute atomic E-state index is 11.7. The maximum atomic E-state index is 11.7. The second kappa shape index (κ2) is 7.87. The normalized spacial score (nSPS) is 11.9. The number of unbranched alkanes of at least 4 members (excludes halogenated alkanes) is 2. The van der Waals surface area contributed by atoms with Crippen LogP contribution in [0, 0.1) is 0 Å². The molecule has 0 bridgehead atoms. The number of nitrogens with one attached hydrogen (secondary N) is 2. The highest BCUT2D eigenvalue weighted by Crippen LogP contribution is 2.08. The van der Waals surface area contributed by atoms with Crippen molar-refractivity contribution in [3.8, 4) is 0 Å². The first-order chi connectivity index (χ1) is 8.65. The van der Waals surface area contributed by atoms with E-state index in [4.69, 9.17) is 0 Å². The van der Waals surface area contributed by atoms with Crippen molar-refractivity contribution in [3.05, 3.63) is 22.4 Å². The molecule has 1 atom stereocenters. The minimum Gasteiger partial charge on any atom is -0.354 e. The Morgan fingerprint density at radius 3 is 2.78 bits per heavy atom. The van der Waals surface area contributed by atoms with Crippen LogP contribution in [0.3, 0.4) is 0 Å². The second-order valence-corrected chi connectivity index (χ2v) is 5.12. The first-order valence-electron chi connectivity index (χ1n) is 6.27. The first kappa shape index (κ1) is 14.7. The van der Waals surface area contributed by atoms with Crippen molar-refractivity contribution in [2.75, 3.05) is 6.54 Å². The van der Waals surface area contributed by atoms with Gasteiger partial charge in [0, 0.05) is 6.54 Å². The maximum Gasteiger partial charge on any atom is 0.261 e. The van der Waals surface area contributed by atoms with Gasteiger partial charge < -0.3 is 10.6 Å². The van der Waals surface area contributed by atoms with Crippen molar-refractivity contribution in [1.82, 2.24) is 10.6 Å². The van der Waals surface area contributed by atoms with E-state index in [0.29, 0.717) is 11.4 Å². The van der Waals surface area contributed by atoms with Crippen molar-refractivity contribution in [2.24, 2.45) is 0 Å². The molecule has 4 nitrogen and oxygen atoms in total. The summed E-state index contributed by atoms with van der Waals surface area (Å²) >= 11 is 1.37. The van der Waals surface area contributed by atoms with E-state index in [-0.39, 0.29) is 11.8 Å². The summed E-state index contributed by atoms with van der Waals surface area (Å²) in [5, 5.41) is 7.34. The monoisotopic (exact) mass is 268 g/mol. The van der Waals surface area contributed by atoms with Crippen LogP contribution >= 0.6 is 11.3 Å². The lowest BCUT2D eigenvalue weighted by Crippen LogP contribution is -2.44. The predicted molar refractivity (Wildman–Crippen MR) is 73.8 cm³/mol. The number of hydrogen-bond acceptors (Lipinski definition) is 3. The van der Waals surface area contributed by atoms with Gasteiger partial charge in [-0.15, -0.1) is 11.3 Å². The number of hydrogen-bond donors (Lipinski definition) is 2. The summed E-state index contributed by atoms with van der Waals surface area (Å²) in [6, 6.07) is 3.06. The molecule has 2 N–H and O–H groups in total. The fourth-order valence-electron chi connectivity index (χ4n) is 1.48. The van der Waals surface area contributed by atoms with Crippen LogP contribution in [-0.2, 0) is 4.79 Å². The smallest absolute Gasteiger partial charge is 0.261 e. The minimum absolute atomic E-state index is 0.129. The Labute approximate surface area is 112 Å². The molecular formula is C13H20N2O2S. The van der Waals surface area contributed by atoms with Crippen LogP contribution in [0.1, 0.15) is 42.8 Å². The highest BCUT2D eigenvalue weighted by atomic mass is 32.1. The van der Waals surface area contributed by atoms with Crippen LogP contribution < -0.4 is 10.6 Å². The third-order valence-electron chi connectivity index (χ3n) is 2.57. The highest BCUT2D eigenvalue weighted by Gasteiger charge is 2.16. The van der Waals surface area contributed by atoms with Crippen molar-refractivity contribution in [2.45, 2.75) is 39.2 Å².